The number of aromatic amines is 2. The van der Waals surface area contributed by atoms with Gasteiger partial charge in [-0.1, -0.05) is 17.7 Å². The van der Waals surface area contributed by atoms with E-state index < -0.39 is 0 Å². The third kappa shape index (κ3) is 4.15. The van der Waals surface area contributed by atoms with Gasteiger partial charge < -0.3 is 15.6 Å². The van der Waals surface area contributed by atoms with E-state index in [9.17, 15) is 14.4 Å². The van der Waals surface area contributed by atoms with Crippen molar-refractivity contribution in [2.45, 2.75) is 26.7 Å². The Balaban J connectivity index is 1.54. The minimum Gasteiger partial charge on any atom is -0.326 e. The summed E-state index contributed by atoms with van der Waals surface area (Å²) in [6, 6.07) is 8.97. The van der Waals surface area contributed by atoms with Crippen molar-refractivity contribution >= 4 is 34.5 Å². The second kappa shape index (κ2) is 7.22. The predicted molar refractivity (Wildman–Crippen MR) is 99.1 cm³/mol. The lowest BCUT2D eigenvalue weighted by Crippen LogP contribution is -2.18. The molecule has 0 unspecified atom stereocenters. The average Bonchev–Trinajstić information content (AvgIpc) is 2.95. The summed E-state index contributed by atoms with van der Waals surface area (Å²) in [7, 11) is 0. The van der Waals surface area contributed by atoms with E-state index in [0.717, 1.165) is 16.8 Å². The van der Waals surface area contributed by atoms with Gasteiger partial charge in [0.2, 0.25) is 11.8 Å². The molecule has 26 heavy (non-hydrogen) atoms. The van der Waals surface area contributed by atoms with E-state index in [-0.39, 0.29) is 30.3 Å². The van der Waals surface area contributed by atoms with Gasteiger partial charge >= 0.3 is 5.69 Å². The summed E-state index contributed by atoms with van der Waals surface area (Å²) < 4.78 is 0. The van der Waals surface area contributed by atoms with E-state index >= 15 is 0 Å². The molecule has 0 fully saturated rings. The van der Waals surface area contributed by atoms with Crippen LogP contribution in [-0.4, -0.2) is 26.8 Å². The number of hydrogen-bond donors (Lipinski definition) is 4. The van der Waals surface area contributed by atoms with Gasteiger partial charge in [0.25, 0.3) is 0 Å². The first kappa shape index (κ1) is 17.4. The fourth-order valence-corrected chi connectivity index (χ4v) is 2.58. The third-order valence-electron chi connectivity index (χ3n) is 3.88. The van der Waals surface area contributed by atoms with Crippen molar-refractivity contribution in [1.82, 2.24) is 15.0 Å². The molecule has 0 radical (unpaired) electrons. The molecule has 134 valence electrons. The third-order valence-corrected chi connectivity index (χ3v) is 3.88. The number of rotatable bonds is 5. The molecule has 2 heterocycles. The minimum atomic E-state index is -0.362. The molecule has 8 heteroatoms. The zero-order valence-electron chi connectivity index (χ0n) is 14.5. The van der Waals surface area contributed by atoms with E-state index in [0.29, 0.717) is 17.0 Å². The van der Waals surface area contributed by atoms with E-state index in [4.69, 9.17) is 0 Å². The van der Waals surface area contributed by atoms with Gasteiger partial charge in [0.1, 0.15) is 5.82 Å². The summed E-state index contributed by atoms with van der Waals surface area (Å²) in [6.45, 7) is 3.90. The zero-order valence-corrected chi connectivity index (χ0v) is 14.5. The summed E-state index contributed by atoms with van der Waals surface area (Å²) in [5, 5.41) is 5.42. The van der Waals surface area contributed by atoms with Crippen molar-refractivity contribution in [3.8, 4) is 0 Å². The second-order valence-corrected chi connectivity index (χ2v) is 6.09. The van der Waals surface area contributed by atoms with Gasteiger partial charge in [-0.05, 0) is 37.6 Å². The Bertz CT molecular complexity index is 1030. The maximum absolute atomic E-state index is 12.0. The molecule has 8 nitrogen and oxygen atoms in total. The smallest absolute Gasteiger partial charge is 0.325 e. The topological polar surface area (TPSA) is 120 Å². The summed E-state index contributed by atoms with van der Waals surface area (Å²) in [4.78, 5) is 44.5. The first-order chi connectivity index (χ1) is 12.4. The number of imidazole rings is 1. The van der Waals surface area contributed by atoms with E-state index in [1.807, 2.05) is 32.0 Å². The van der Waals surface area contributed by atoms with Crippen molar-refractivity contribution in [3.05, 3.63) is 51.9 Å². The van der Waals surface area contributed by atoms with Gasteiger partial charge in [-0.2, -0.15) is 0 Å². The first-order valence-electron chi connectivity index (χ1n) is 8.17. The Kier molecular flexibility index (Phi) is 4.83. The lowest BCUT2D eigenvalue weighted by atomic mass is 10.1. The van der Waals surface area contributed by atoms with Crippen LogP contribution in [0, 0.1) is 13.8 Å². The van der Waals surface area contributed by atoms with Gasteiger partial charge in [-0.15, -0.1) is 0 Å². The van der Waals surface area contributed by atoms with Gasteiger partial charge in [0, 0.05) is 18.5 Å². The van der Waals surface area contributed by atoms with Crippen LogP contribution in [0.3, 0.4) is 0 Å². The molecule has 0 saturated heterocycles. The van der Waals surface area contributed by atoms with Crippen molar-refractivity contribution in [1.29, 1.82) is 0 Å². The quantitative estimate of drug-likeness (QED) is 0.562. The molecular formula is C18H19N5O3. The SMILES string of the molecule is Cc1ccc(NC(=O)CCC(=O)Nc2ccc3[nH]c(=O)[nH]c3n2)c(C)c1. The number of aryl methyl sites for hydroxylation is 2. The number of carbonyl (C=O) groups excluding carboxylic acids is 2. The van der Waals surface area contributed by atoms with Crippen LogP contribution in [0.4, 0.5) is 11.5 Å². The predicted octanol–water partition coefficient (Wildman–Crippen LogP) is 2.23. The largest absolute Gasteiger partial charge is 0.326 e. The number of pyridine rings is 1. The summed E-state index contributed by atoms with van der Waals surface area (Å²) >= 11 is 0. The molecule has 4 N–H and O–H groups in total. The number of carbonyl (C=O) groups is 2. The highest BCUT2D eigenvalue weighted by molar-refractivity contribution is 5.97. The molecule has 0 bridgehead atoms. The van der Waals surface area contributed by atoms with E-state index in [1.165, 1.54) is 0 Å². The second-order valence-electron chi connectivity index (χ2n) is 6.09. The highest BCUT2D eigenvalue weighted by Crippen LogP contribution is 2.16. The Morgan fingerprint density at radius 1 is 1.00 bits per heavy atom. The molecule has 0 atom stereocenters. The first-order valence-corrected chi connectivity index (χ1v) is 8.17. The maximum Gasteiger partial charge on any atom is 0.325 e. The van der Waals surface area contributed by atoms with E-state index in [2.05, 4.69) is 25.6 Å². The van der Waals surface area contributed by atoms with Crippen LogP contribution in [0.5, 0.6) is 0 Å². The molecular weight excluding hydrogens is 334 g/mol. The highest BCUT2D eigenvalue weighted by atomic mass is 16.2. The summed E-state index contributed by atoms with van der Waals surface area (Å²) in [6.07, 6.45) is 0.0858. The number of aromatic nitrogens is 3. The van der Waals surface area contributed by atoms with Crippen LogP contribution < -0.4 is 16.3 Å². The van der Waals surface area contributed by atoms with Gasteiger partial charge in [-0.25, -0.2) is 9.78 Å². The van der Waals surface area contributed by atoms with Crippen molar-refractivity contribution in [2.75, 3.05) is 10.6 Å². The van der Waals surface area contributed by atoms with Gasteiger partial charge in [0.05, 0.1) is 5.52 Å². The number of benzene rings is 1. The molecule has 2 aromatic heterocycles. The zero-order chi connectivity index (χ0) is 18.7. The van der Waals surface area contributed by atoms with Crippen molar-refractivity contribution in [2.24, 2.45) is 0 Å². The van der Waals surface area contributed by atoms with Crippen LogP contribution in [0.1, 0.15) is 24.0 Å². The van der Waals surface area contributed by atoms with Crippen molar-refractivity contribution < 1.29 is 9.59 Å². The Hall–Kier alpha value is -3.42. The molecule has 1 aromatic carbocycles. The van der Waals surface area contributed by atoms with Crippen molar-refractivity contribution in [3.63, 3.8) is 0 Å². The molecule has 2 amide bonds. The number of fused-ring (bicyclic) bond motifs is 1. The number of hydrogen-bond acceptors (Lipinski definition) is 4. The molecule has 0 aliphatic rings. The molecule has 0 aliphatic carbocycles. The fourth-order valence-electron chi connectivity index (χ4n) is 2.58. The minimum absolute atomic E-state index is 0.0279. The highest BCUT2D eigenvalue weighted by Gasteiger charge is 2.10. The van der Waals surface area contributed by atoms with Crippen LogP contribution in [0.15, 0.2) is 35.1 Å². The fraction of sp³-hybridized carbons (Fsp3) is 0.222. The maximum atomic E-state index is 12.0. The molecule has 0 aliphatic heterocycles. The number of amides is 2. The monoisotopic (exact) mass is 353 g/mol. The van der Waals surface area contributed by atoms with Crippen LogP contribution in [0.25, 0.3) is 11.2 Å². The average molecular weight is 353 g/mol. The van der Waals surface area contributed by atoms with Crippen LogP contribution in [0.2, 0.25) is 0 Å². The molecule has 0 spiro atoms. The molecule has 3 aromatic rings. The normalized spacial score (nSPS) is 10.7. The number of H-pyrrole nitrogens is 2. The number of anilines is 2. The number of nitrogens with zero attached hydrogens (tertiary/aromatic N) is 1. The summed E-state index contributed by atoms with van der Waals surface area (Å²) in [5.74, 6) is -0.247. The summed E-state index contributed by atoms with van der Waals surface area (Å²) in [5.41, 5.74) is 3.39. The van der Waals surface area contributed by atoms with E-state index in [1.54, 1.807) is 12.1 Å². The molecule has 3 rings (SSSR count). The van der Waals surface area contributed by atoms with Gasteiger partial charge in [0.15, 0.2) is 5.65 Å². The van der Waals surface area contributed by atoms with Crippen LogP contribution >= 0.6 is 0 Å². The van der Waals surface area contributed by atoms with Crippen LogP contribution in [-0.2, 0) is 9.59 Å². The standard InChI is InChI=1S/C18H19N5O3/c1-10-3-4-12(11(2)9-10)19-15(24)7-8-16(25)21-14-6-5-13-17(22-14)23-18(26)20-13/h3-6,9H,7-8H2,1-2H3,(H,19,24)(H3,20,21,22,23,25,26). The lowest BCUT2D eigenvalue weighted by Gasteiger charge is -2.09. The Morgan fingerprint density at radius 2 is 1.73 bits per heavy atom. The Labute approximate surface area is 149 Å². The number of nitrogens with one attached hydrogen (secondary N) is 4. The Morgan fingerprint density at radius 3 is 2.46 bits per heavy atom. The van der Waals surface area contributed by atoms with Gasteiger partial charge in [-0.3, -0.25) is 14.6 Å². The lowest BCUT2D eigenvalue weighted by molar-refractivity contribution is -0.121. The molecule has 0 saturated carbocycles.